The number of thiazole rings is 1. The van der Waals surface area contributed by atoms with Crippen molar-refractivity contribution in [3.8, 4) is 17.0 Å². The van der Waals surface area contributed by atoms with Crippen molar-refractivity contribution in [1.29, 1.82) is 0 Å². The number of nitrogens with zero attached hydrogens (tertiary/aromatic N) is 3. The summed E-state index contributed by atoms with van der Waals surface area (Å²) in [4.78, 5) is 22.1. The van der Waals surface area contributed by atoms with E-state index < -0.39 is 0 Å². The third-order valence-electron chi connectivity index (χ3n) is 7.43. The first-order chi connectivity index (χ1) is 19.0. The van der Waals surface area contributed by atoms with Gasteiger partial charge in [0.25, 0.3) is 0 Å². The Morgan fingerprint density at radius 2 is 1.77 bits per heavy atom. The summed E-state index contributed by atoms with van der Waals surface area (Å²) >= 11 is 13.9. The van der Waals surface area contributed by atoms with Crippen LogP contribution in [0.1, 0.15) is 50.5 Å². The fourth-order valence-electron chi connectivity index (χ4n) is 5.20. The molecule has 1 amide bonds. The fourth-order valence-corrected chi connectivity index (χ4v) is 6.41. The highest BCUT2D eigenvalue weighted by Crippen LogP contribution is 2.30. The summed E-state index contributed by atoms with van der Waals surface area (Å²) in [6, 6.07) is 14.1. The predicted octanol–water partition coefficient (Wildman–Crippen LogP) is 7.05. The van der Waals surface area contributed by atoms with E-state index in [9.17, 15) is 4.79 Å². The summed E-state index contributed by atoms with van der Waals surface area (Å²) in [6.07, 6.45) is 6.90. The maximum atomic E-state index is 12.5. The van der Waals surface area contributed by atoms with E-state index in [2.05, 4.69) is 32.6 Å². The second-order valence-electron chi connectivity index (χ2n) is 10.4. The summed E-state index contributed by atoms with van der Waals surface area (Å²) in [6.45, 7) is 5.48. The van der Waals surface area contributed by atoms with E-state index >= 15 is 0 Å². The fraction of sp³-hybridized carbons (Fsp3) is 0.467. The lowest BCUT2D eigenvalue weighted by Crippen LogP contribution is -2.44. The summed E-state index contributed by atoms with van der Waals surface area (Å²) in [5, 5.41) is 7.63. The Labute approximate surface area is 245 Å². The van der Waals surface area contributed by atoms with E-state index in [4.69, 9.17) is 32.9 Å². The number of anilines is 1. The third kappa shape index (κ3) is 8.10. The van der Waals surface area contributed by atoms with Crippen molar-refractivity contribution in [2.24, 2.45) is 0 Å². The van der Waals surface area contributed by atoms with E-state index in [-0.39, 0.29) is 11.9 Å². The van der Waals surface area contributed by atoms with Gasteiger partial charge in [-0.3, -0.25) is 9.69 Å². The van der Waals surface area contributed by atoms with Gasteiger partial charge in [0, 0.05) is 56.1 Å². The maximum Gasteiger partial charge on any atom is 0.220 e. The molecule has 2 aliphatic heterocycles. The Bertz CT molecular complexity index is 1220. The first kappa shape index (κ1) is 28.2. The highest BCUT2D eigenvalue weighted by Gasteiger charge is 2.21. The summed E-state index contributed by atoms with van der Waals surface area (Å²) in [7, 11) is 0. The largest absolute Gasteiger partial charge is 0.494 e. The number of rotatable bonds is 10. The summed E-state index contributed by atoms with van der Waals surface area (Å²) < 4.78 is 5.89. The average molecular weight is 588 g/mol. The molecule has 5 rings (SSSR count). The lowest BCUT2D eigenvalue weighted by Gasteiger charge is -2.32. The molecule has 0 aliphatic carbocycles. The monoisotopic (exact) mass is 586 g/mol. The number of piperidine rings is 2. The Balaban J connectivity index is 0.975. The van der Waals surface area contributed by atoms with E-state index in [1.165, 1.54) is 19.3 Å². The molecule has 9 heteroatoms. The molecule has 2 aromatic carbocycles. The zero-order chi connectivity index (χ0) is 27.0. The molecule has 1 aromatic heterocycles. The van der Waals surface area contributed by atoms with Crippen molar-refractivity contribution < 1.29 is 9.53 Å². The Kier molecular flexibility index (Phi) is 10.0. The van der Waals surface area contributed by atoms with Crippen molar-refractivity contribution in [2.45, 2.75) is 57.5 Å². The second kappa shape index (κ2) is 13.8. The lowest BCUT2D eigenvalue weighted by atomic mass is 10.0. The van der Waals surface area contributed by atoms with Crippen molar-refractivity contribution in [1.82, 2.24) is 15.2 Å². The number of benzene rings is 2. The number of hydrogen-bond acceptors (Lipinski definition) is 6. The minimum atomic E-state index is 0.102. The Hall–Kier alpha value is -2.32. The van der Waals surface area contributed by atoms with Gasteiger partial charge in [0.1, 0.15) is 5.75 Å². The molecule has 2 saturated heterocycles. The smallest absolute Gasteiger partial charge is 0.220 e. The van der Waals surface area contributed by atoms with Gasteiger partial charge in [-0.2, -0.15) is 0 Å². The molecule has 6 nitrogen and oxygen atoms in total. The molecule has 39 heavy (non-hydrogen) atoms. The average Bonchev–Trinajstić information content (AvgIpc) is 3.46. The molecular formula is C30H36Cl2N4O2S. The van der Waals surface area contributed by atoms with Gasteiger partial charge < -0.3 is 15.0 Å². The van der Waals surface area contributed by atoms with E-state index in [1.807, 2.05) is 30.3 Å². The number of carbonyl (C=O) groups is 1. The molecule has 0 bridgehead atoms. The van der Waals surface area contributed by atoms with Gasteiger partial charge in [0.05, 0.1) is 22.3 Å². The van der Waals surface area contributed by atoms with Crippen molar-refractivity contribution in [2.75, 3.05) is 37.7 Å². The lowest BCUT2D eigenvalue weighted by molar-refractivity contribution is -0.122. The number of aromatic nitrogens is 1. The SMILES string of the molecule is O=C(CCCOc1ccc(-c2csc(N3CCCCC3)n2)cc1)NC1CCN(Cc2ccc(Cl)c(Cl)c2)CC1. The number of likely N-dealkylation sites (tertiary alicyclic amines) is 1. The van der Waals surface area contributed by atoms with Crippen LogP contribution in [0.5, 0.6) is 5.75 Å². The van der Waals surface area contributed by atoms with Gasteiger partial charge >= 0.3 is 0 Å². The molecule has 0 atom stereocenters. The van der Waals surface area contributed by atoms with Crippen LogP contribution in [0.3, 0.4) is 0 Å². The first-order valence-corrected chi connectivity index (χ1v) is 15.6. The number of carbonyl (C=O) groups excluding carboxylic acids is 1. The van der Waals surface area contributed by atoms with Crippen LogP contribution in [0.4, 0.5) is 5.13 Å². The predicted molar refractivity (Wildman–Crippen MR) is 161 cm³/mol. The molecule has 208 valence electrons. The summed E-state index contributed by atoms with van der Waals surface area (Å²) in [5.74, 6) is 0.921. The van der Waals surface area contributed by atoms with E-state index in [0.29, 0.717) is 29.5 Å². The van der Waals surface area contributed by atoms with E-state index in [1.54, 1.807) is 11.3 Å². The van der Waals surface area contributed by atoms with Crippen LogP contribution in [-0.2, 0) is 11.3 Å². The normalized spacial score (nSPS) is 16.8. The van der Waals surface area contributed by atoms with Gasteiger partial charge in [-0.25, -0.2) is 4.98 Å². The van der Waals surface area contributed by atoms with Gasteiger partial charge in [0.2, 0.25) is 5.91 Å². The molecule has 0 unspecified atom stereocenters. The number of nitrogens with one attached hydrogen (secondary N) is 1. The highest BCUT2D eigenvalue weighted by molar-refractivity contribution is 7.14. The highest BCUT2D eigenvalue weighted by atomic mass is 35.5. The molecule has 2 aliphatic rings. The molecule has 2 fully saturated rings. The number of halogens is 2. The number of ether oxygens (including phenoxy) is 1. The molecule has 0 radical (unpaired) electrons. The van der Waals surface area contributed by atoms with Gasteiger partial charge in [-0.1, -0.05) is 29.3 Å². The third-order valence-corrected chi connectivity index (χ3v) is 9.07. The molecule has 3 aromatic rings. The van der Waals surface area contributed by atoms with Crippen LogP contribution in [-0.4, -0.2) is 54.6 Å². The van der Waals surface area contributed by atoms with Crippen molar-refractivity contribution >= 4 is 45.6 Å². The molecule has 0 spiro atoms. The van der Waals surface area contributed by atoms with Gasteiger partial charge in [-0.15, -0.1) is 11.3 Å². The minimum Gasteiger partial charge on any atom is -0.494 e. The van der Waals surface area contributed by atoms with Gasteiger partial charge in [0.15, 0.2) is 5.13 Å². The minimum absolute atomic E-state index is 0.102. The molecule has 3 heterocycles. The molecular weight excluding hydrogens is 551 g/mol. The van der Waals surface area contributed by atoms with Crippen molar-refractivity contribution in [3.05, 3.63) is 63.5 Å². The molecule has 0 saturated carbocycles. The van der Waals surface area contributed by atoms with Crippen LogP contribution in [0.2, 0.25) is 10.0 Å². The van der Waals surface area contributed by atoms with E-state index in [0.717, 1.165) is 73.3 Å². The topological polar surface area (TPSA) is 57.7 Å². The Morgan fingerprint density at radius 3 is 2.51 bits per heavy atom. The zero-order valence-electron chi connectivity index (χ0n) is 22.2. The van der Waals surface area contributed by atoms with Crippen LogP contribution in [0, 0.1) is 0 Å². The first-order valence-electron chi connectivity index (χ1n) is 13.9. The maximum absolute atomic E-state index is 12.5. The second-order valence-corrected chi connectivity index (χ2v) is 12.1. The van der Waals surface area contributed by atoms with Crippen LogP contribution < -0.4 is 15.0 Å². The zero-order valence-corrected chi connectivity index (χ0v) is 24.5. The number of amides is 1. The quantitative estimate of drug-likeness (QED) is 0.258. The van der Waals surface area contributed by atoms with Crippen LogP contribution in [0.25, 0.3) is 11.3 Å². The molecule has 1 N–H and O–H groups in total. The Morgan fingerprint density at radius 1 is 1.00 bits per heavy atom. The van der Waals surface area contributed by atoms with Crippen molar-refractivity contribution in [3.63, 3.8) is 0 Å². The van der Waals surface area contributed by atoms with Crippen LogP contribution >= 0.6 is 34.5 Å². The summed E-state index contributed by atoms with van der Waals surface area (Å²) in [5.41, 5.74) is 3.28. The van der Waals surface area contributed by atoms with Crippen LogP contribution in [0.15, 0.2) is 47.8 Å². The standard InChI is InChI=1S/C30H36Cl2N4O2S/c31-26-11-6-22(19-27(26)32)20-35-16-12-24(13-17-35)33-29(37)5-4-18-38-25-9-7-23(8-10-25)28-21-39-30(34-28)36-14-2-1-3-15-36/h6-11,19,21,24H,1-5,12-18,20H2,(H,33,37). The number of hydrogen-bond donors (Lipinski definition) is 1. The van der Waals surface area contributed by atoms with Gasteiger partial charge in [-0.05, 0) is 80.5 Å².